The van der Waals surface area contributed by atoms with Gasteiger partial charge in [0.15, 0.2) is 0 Å². The van der Waals surface area contributed by atoms with E-state index in [9.17, 15) is 0 Å². The van der Waals surface area contributed by atoms with Crippen LogP contribution in [-0.2, 0) is 0 Å². The van der Waals surface area contributed by atoms with E-state index in [1.807, 2.05) is 31.3 Å². The van der Waals surface area contributed by atoms with E-state index in [4.69, 9.17) is 17.3 Å². The van der Waals surface area contributed by atoms with E-state index in [-0.39, 0.29) is 6.04 Å². The van der Waals surface area contributed by atoms with Crippen LogP contribution < -0.4 is 11.1 Å². The molecule has 0 bridgehead atoms. The van der Waals surface area contributed by atoms with Crippen molar-refractivity contribution in [2.75, 3.05) is 18.5 Å². The number of anilines is 1. The first-order chi connectivity index (χ1) is 9.20. The molecule has 0 aliphatic rings. The van der Waals surface area contributed by atoms with Gasteiger partial charge in [0.25, 0.3) is 0 Å². The number of nitrogen functional groups attached to an aromatic ring is 1. The summed E-state index contributed by atoms with van der Waals surface area (Å²) in [5.74, 6) is 1.39. The number of nitrogens with one attached hydrogen (secondary N) is 1. The number of benzene rings is 1. The van der Waals surface area contributed by atoms with Crippen molar-refractivity contribution in [2.45, 2.75) is 10.9 Å². The van der Waals surface area contributed by atoms with E-state index in [0.29, 0.717) is 10.8 Å². The largest absolute Gasteiger partial charge is 0.383 e. The van der Waals surface area contributed by atoms with Gasteiger partial charge in [0.05, 0.1) is 5.02 Å². The summed E-state index contributed by atoms with van der Waals surface area (Å²) in [6.07, 6.45) is 1.57. The second-order valence-electron chi connectivity index (χ2n) is 4.09. The van der Waals surface area contributed by atoms with Gasteiger partial charge in [-0.1, -0.05) is 29.8 Å². The van der Waals surface area contributed by atoms with E-state index in [2.05, 4.69) is 22.4 Å². The number of hydrogen-bond donors (Lipinski definition) is 2. The number of aromatic nitrogens is 1. The predicted octanol–water partition coefficient (Wildman–Crippen LogP) is 3.37. The lowest BCUT2D eigenvalue weighted by atomic mass is 10.1. The van der Waals surface area contributed by atoms with Gasteiger partial charge in [-0.25, -0.2) is 4.98 Å². The first kappa shape index (κ1) is 14.2. The Morgan fingerprint density at radius 3 is 2.79 bits per heavy atom. The summed E-state index contributed by atoms with van der Waals surface area (Å²) in [7, 11) is 1.91. The fraction of sp³-hybridized carbons (Fsp3) is 0.214. The summed E-state index contributed by atoms with van der Waals surface area (Å²) < 4.78 is 0. The molecular formula is C14H16ClN3S. The normalized spacial score (nSPS) is 12.3. The first-order valence-electron chi connectivity index (χ1n) is 5.96. The molecule has 0 saturated heterocycles. The Labute approximate surface area is 122 Å². The molecular weight excluding hydrogens is 278 g/mol. The lowest BCUT2D eigenvalue weighted by Crippen LogP contribution is -2.20. The highest BCUT2D eigenvalue weighted by atomic mass is 35.5. The van der Waals surface area contributed by atoms with Crippen LogP contribution in [0.3, 0.4) is 0 Å². The highest BCUT2D eigenvalue weighted by Crippen LogP contribution is 2.28. The topological polar surface area (TPSA) is 50.9 Å². The van der Waals surface area contributed by atoms with Crippen molar-refractivity contribution in [1.29, 1.82) is 0 Å². The van der Waals surface area contributed by atoms with Gasteiger partial charge in [-0.15, -0.1) is 11.8 Å². The Balaban J connectivity index is 2.10. The highest BCUT2D eigenvalue weighted by Gasteiger charge is 2.14. The molecule has 0 aliphatic heterocycles. The van der Waals surface area contributed by atoms with E-state index >= 15 is 0 Å². The van der Waals surface area contributed by atoms with E-state index in [1.165, 1.54) is 4.90 Å². The van der Waals surface area contributed by atoms with Crippen LogP contribution in [0.15, 0.2) is 47.5 Å². The fourth-order valence-corrected chi connectivity index (χ4v) is 2.99. The van der Waals surface area contributed by atoms with Crippen molar-refractivity contribution in [3.05, 3.63) is 53.2 Å². The quantitative estimate of drug-likeness (QED) is 0.830. The second kappa shape index (κ2) is 6.80. The van der Waals surface area contributed by atoms with E-state index in [1.54, 1.807) is 18.0 Å². The Morgan fingerprint density at radius 1 is 1.37 bits per heavy atom. The van der Waals surface area contributed by atoms with Gasteiger partial charge in [0, 0.05) is 28.5 Å². The van der Waals surface area contributed by atoms with Gasteiger partial charge in [0.1, 0.15) is 5.82 Å². The van der Waals surface area contributed by atoms with Crippen molar-refractivity contribution in [3.8, 4) is 0 Å². The zero-order valence-corrected chi connectivity index (χ0v) is 12.2. The molecule has 0 fully saturated rings. The number of hydrogen-bond acceptors (Lipinski definition) is 4. The minimum absolute atomic E-state index is 0.122. The van der Waals surface area contributed by atoms with Crippen molar-refractivity contribution in [3.63, 3.8) is 0 Å². The summed E-state index contributed by atoms with van der Waals surface area (Å²) >= 11 is 7.76. The first-order valence-corrected chi connectivity index (χ1v) is 7.33. The van der Waals surface area contributed by atoms with Crippen LogP contribution in [0.2, 0.25) is 5.02 Å². The number of halogens is 1. The Morgan fingerprint density at radius 2 is 2.11 bits per heavy atom. The van der Waals surface area contributed by atoms with Crippen molar-refractivity contribution in [2.24, 2.45) is 0 Å². The van der Waals surface area contributed by atoms with E-state index in [0.717, 1.165) is 11.3 Å². The third kappa shape index (κ3) is 3.86. The van der Waals surface area contributed by atoms with Crippen LogP contribution in [0.1, 0.15) is 11.6 Å². The maximum atomic E-state index is 5.98. The standard InChI is InChI=1S/C14H16ClN3S/c1-17-13(9-19-11-5-3-2-4-6-11)12-7-10(15)8-18-14(12)16/h2-8,13,17H,9H2,1H3,(H2,16,18). The van der Waals surface area contributed by atoms with Gasteiger partial charge >= 0.3 is 0 Å². The maximum Gasteiger partial charge on any atom is 0.128 e. The SMILES string of the molecule is CNC(CSc1ccccc1)c1cc(Cl)cnc1N. The zero-order chi connectivity index (χ0) is 13.7. The van der Waals surface area contributed by atoms with Gasteiger partial charge < -0.3 is 11.1 Å². The van der Waals surface area contributed by atoms with Gasteiger partial charge in [-0.3, -0.25) is 0 Å². The molecule has 5 heteroatoms. The number of pyridine rings is 1. The average Bonchev–Trinajstić information content (AvgIpc) is 2.44. The molecule has 1 heterocycles. The van der Waals surface area contributed by atoms with Gasteiger partial charge in [-0.05, 0) is 25.2 Å². The zero-order valence-electron chi connectivity index (χ0n) is 10.6. The Kier molecular flexibility index (Phi) is 5.07. The Bertz CT molecular complexity index is 533. The molecule has 3 N–H and O–H groups in total. The molecule has 0 spiro atoms. The molecule has 0 amide bonds. The van der Waals surface area contributed by atoms with Crippen LogP contribution in [-0.4, -0.2) is 17.8 Å². The van der Waals surface area contributed by atoms with Crippen molar-refractivity contribution < 1.29 is 0 Å². The number of thioether (sulfide) groups is 1. The molecule has 0 radical (unpaired) electrons. The molecule has 100 valence electrons. The summed E-state index contributed by atoms with van der Waals surface area (Å²) in [4.78, 5) is 5.33. The lowest BCUT2D eigenvalue weighted by molar-refractivity contribution is 0.661. The summed E-state index contributed by atoms with van der Waals surface area (Å²) in [6.45, 7) is 0. The second-order valence-corrected chi connectivity index (χ2v) is 5.62. The monoisotopic (exact) mass is 293 g/mol. The Hall–Kier alpha value is -1.23. The molecule has 1 aromatic heterocycles. The number of nitrogens with zero attached hydrogens (tertiary/aromatic N) is 1. The summed E-state index contributed by atoms with van der Waals surface area (Å²) in [5.41, 5.74) is 6.86. The molecule has 1 aromatic carbocycles. The molecule has 0 saturated carbocycles. The van der Waals surface area contributed by atoms with Crippen LogP contribution >= 0.6 is 23.4 Å². The molecule has 2 aromatic rings. The number of rotatable bonds is 5. The summed E-state index contributed by atoms with van der Waals surface area (Å²) in [5, 5.41) is 3.86. The molecule has 0 aliphatic carbocycles. The molecule has 2 rings (SSSR count). The fourth-order valence-electron chi connectivity index (χ4n) is 1.77. The van der Waals surface area contributed by atoms with Crippen LogP contribution in [0.5, 0.6) is 0 Å². The minimum Gasteiger partial charge on any atom is -0.383 e. The average molecular weight is 294 g/mol. The molecule has 19 heavy (non-hydrogen) atoms. The third-order valence-corrected chi connectivity index (χ3v) is 4.11. The summed E-state index contributed by atoms with van der Waals surface area (Å²) in [6, 6.07) is 12.3. The van der Waals surface area contributed by atoms with Crippen molar-refractivity contribution in [1.82, 2.24) is 10.3 Å². The maximum absolute atomic E-state index is 5.98. The van der Waals surface area contributed by atoms with Crippen LogP contribution in [0.4, 0.5) is 5.82 Å². The van der Waals surface area contributed by atoms with Gasteiger partial charge in [-0.2, -0.15) is 0 Å². The van der Waals surface area contributed by atoms with Gasteiger partial charge in [0.2, 0.25) is 0 Å². The smallest absolute Gasteiger partial charge is 0.128 e. The number of nitrogens with two attached hydrogens (primary N) is 1. The lowest BCUT2D eigenvalue weighted by Gasteiger charge is -2.17. The minimum atomic E-state index is 0.122. The van der Waals surface area contributed by atoms with Crippen LogP contribution in [0.25, 0.3) is 0 Å². The molecule has 1 atom stereocenters. The third-order valence-electron chi connectivity index (χ3n) is 2.80. The molecule has 3 nitrogen and oxygen atoms in total. The van der Waals surface area contributed by atoms with Crippen molar-refractivity contribution >= 4 is 29.2 Å². The highest BCUT2D eigenvalue weighted by molar-refractivity contribution is 7.99. The van der Waals surface area contributed by atoms with E-state index < -0.39 is 0 Å². The van der Waals surface area contributed by atoms with Crippen LogP contribution in [0, 0.1) is 0 Å². The molecule has 1 unspecified atom stereocenters. The predicted molar refractivity (Wildman–Crippen MR) is 82.6 cm³/mol.